The van der Waals surface area contributed by atoms with E-state index in [0.717, 1.165) is 10.2 Å². The Bertz CT molecular complexity index is 906. The van der Waals surface area contributed by atoms with Gasteiger partial charge in [-0.05, 0) is 31.2 Å². The summed E-state index contributed by atoms with van der Waals surface area (Å²) in [5.74, 6) is -0.702. The van der Waals surface area contributed by atoms with Crippen LogP contribution in [-0.2, 0) is 16.1 Å². The van der Waals surface area contributed by atoms with Gasteiger partial charge in [-0.2, -0.15) is 4.99 Å². The summed E-state index contributed by atoms with van der Waals surface area (Å²) in [6, 6.07) is 10.7. The summed E-state index contributed by atoms with van der Waals surface area (Å²) >= 11 is 1.34. The highest BCUT2D eigenvalue weighted by atomic mass is 32.1. The van der Waals surface area contributed by atoms with Crippen LogP contribution in [0.4, 0.5) is 0 Å². The Balaban J connectivity index is 2.08. The van der Waals surface area contributed by atoms with Gasteiger partial charge in [-0.3, -0.25) is 9.59 Å². The van der Waals surface area contributed by atoms with E-state index in [0.29, 0.717) is 11.4 Å². The molecule has 6 nitrogen and oxygen atoms in total. The minimum Gasteiger partial charge on any atom is -0.465 e. The molecular formula is C16H14N2O4S. The van der Waals surface area contributed by atoms with E-state index in [-0.39, 0.29) is 18.3 Å². The zero-order valence-electron chi connectivity index (χ0n) is 12.4. The van der Waals surface area contributed by atoms with Crippen molar-refractivity contribution in [3.05, 3.63) is 53.2 Å². The fourth-order valence-corrected chi connectivity index (χ4v) is 3.16. The second-order valence-electron chi connectivity index (χ2n) is 4.64. The predicted molar refractivity (Wildman–Crippen MR) is 85.0 cm³/mol. The predicted octanol–water partition coefficient (Wildman–Crippen LogP) is 2.60. The van der Waals surface area contributed by atoms with Crippen molar-refractivity contribution in [1.82, 2.24) is 4.57 Å². The van der Waals surface area contributed by atoms with Crippen molar-refractivity contribution in [2.75, 3.05) is 6.61 Å². The number of amides is 1. The number of benzene rings is 1. The Morgan fingerprint density at radius 3 is 2.83 bits per heavy atom. The molecule has 0 atom stereocenters. The number of hydrogen-bond acceptors (Lipinski definition) is 5. The molecule has 3 aromatic rings. The maximum Gasteiger partial charge on any atom is 0.326 e. The molecule has 2 heterocycles. The highest BCUT2D eigenvalue weighted by Crippen LogP contribution is 2.17. The third-order valence-electron chi connectivity index (χ3n) is 3.11. The molecule has 0 radical (unpaired) electrons. The number of carbonyl (C=O) groups is 2. The Kier molecular flexibility index (Phi) is 4.38. The standard InChI is InChI=1S/C16H14N2O4S/c1-2-21-14(19)10-18-11-6-3-4-8-13(11)23-16(18)17-15(20)12-7-5-9-22-12/h3-9H,2,10H2,1H3. The third-order valence-corrected chi connectivity index (χ3v) is 4.17. The van der Waals surface area contributed by atoms with Crippen LogP contribution < -0.4 is 4.80 Å². The molecule has 7 heteroatoms. The van der Waals surface area contributed by atoms with Crippen molar-refractivity contribution in [2.45, 2.75) is 13.5 Å². The van der Waals surface area contributed by atoms with Crippen molar-refractivity contribution in [3.63, 3.8) is 0 Å². The number of esters is 1. The first-order chi connectivity index (χ1) is 11.2. The molecule has 118 valence electrons. The average molecular weight is 330 g/mol. The number of ether oxygens (including phenoxy) is 1. The van der Waals surface area contributed by atoms with Crippen molar-refractivity contribution in [3.8, 4) is 0 Å². The SMILES string of the molecule is CCOC(=O)Cn1c(=NC(=O)c2ccco2)sc2ccccc21. The van der Waals surface area contributed by atoms with Crippen LogP contribution in [0.15, 0.2) is 52.1 Å². The first-order valence-electron chi connectivity index (χ1n) is 7.05. The van der Waals surface area contributed by atoms with E-state index in [1.807, 2.05) is 24.3 Å². The van der Waals surface area contributed by atoms with Crippen LogP contribution in [0.2, 0.25) is 0 Å². The van der Waals surface area contributed by atoms with Gasteiger partial charge in [0, 0.05) is 0 Å². The second kappa shape index (κ2) is 6.62. The second-order valence-corrected chi connectivity index (χ2v) is 5.65. The molecule has 1 aromatic carbocycles. The Morgan fingerprint density at radius 1 is 1.26 bits per heavy atom. The van der Waals surface area contributed by atoms with Gasteiger partial charge in [-0.15, -0.1) is 0 Å². The van der Waals surface area contributed by atoms with E-state index < -0.39 is 5.91 Å². The summed E-state index contributed by atoms with van der Waals surface area (Å²) < 4.78 is 12.7. The molecule has 0 bridgehead atoms. The number of para-hydroxylation sites is 1. The third kappa shape index (κ3) is 3.24. The van der Waals surface area contributed by atoms with E-state index in [1.165, 1.54) is 17.6 Å². The monoisotopic (exact) mass is 330 g/mol. The lowest BCUT2D eigenvalue weighted by molar-refractivity contribution is -0.143. The number of fused-ring (bicyclic) bond motifs is 1. The molecule has 0 unspecified atom stereocenters. The molecule has 0 fully saturated rings. The number of nitrogens with zero attached hydrogens (tertiary/aromatic N) is 2. The minimum atomic E-state index is -0.487. The molecule has 0 saturated carbocycles. The maximum atomic E-state index is 12.1. The van der Waals surface area contributed by atoms with Crippen LogP contribution in [-0.4, -0.2) is 23.1 Å². The lowest BCUT2D eigenvalue weighted by atomic mass is 10.3. The lowest BCUT2D eigenvalue weighted by Gasteiger charge is -2.04. The lowest BCUT2D eigenvalue weighted by Crippen LogP contribution is -2.23. The molecule has 23 heavy (non-hydrogen) atoms. The first kappa shape index (κ1) is 15.2. The van der Waals surface area contributed by atoms with Crippen LogP contribution in [0, 0.1) is 0 Å². The number of aromatic nitrogens is 1. The minimum absolute atomic E-state index is 0.00210. The van der Waals surface area contributed by atoms with Crippen LogP contribution in [0.3, 0.4) is 0 Å². The maximum absolute atomic E-state index is 12.1. The fourth-order valence-electron chi connectivity index (χ4n) is 2.14. The van der Waals surface area contributed by atoms with Crippen molar-refractivity contribution >= 4 is 33.4 Å². The van der Waals surface area contributed by atoms with Gasteiger partial charge in [-0.1, -0.05) is 23.5 Å². The number of furan rings is 1. The van der Waals surface area contributed by atoms with Gasteiger partial charge in [0.15, 0.2) is 10.6 Å². The molecule has 0 aliphatic heterocycles. The topological polar surface area (TPSA) is 73.8 Å². The van der Waals surface area contributed by atoms with Gasteiger partial charge >= 0.3 is 11.9 Å². The van der Waals surface area contributed by atoms with E-state index in [1.54, 1.807) is 23.6 Å². The molecule has 3 rings (SSSR count). The number of thiazole rings is 1. The van der Waals surface area contributed by atoms with Crippen LogP contribution >= 0.6 is 11.3 Å². The molecular weight excluding hydrogens is 316 g/mol. The quantitative estimate of drug-likeness (QED) is 0.689. The average Bonchev–Trinajstić information content (AvgIpc) is 3.17. The first-order valence-corrected chi connectivity index (χ1v) is 7.87. The van der Waals surface area contributed by atoms with Gasteiger partial charge < -0.3 is 13.7 Å². The summed E-state index contributed by atoms with van der Waals surface area (Å²) in [5, 5.41) is 0. The highest BCUT2D eigenvalue weighted by Gasteiger charge is 2.13. The highest BCUT2D eigenvalue weighted by molar-refractivity contribution is 7.16. The van der Waals surface area contributed by atoms with Gasteiger partial charge in [0.1, 0.15) is 6.54 Å². The Labute approximate surface area is 135 Å². The number of carbonyl (C=O) groups excluding carboxylic acids is 2. The Hall–Kier alpha value is -2.67. The summed E-state index contributed by atoms with van der Waals surface area (Å²) in [7, 11) is 0. The normalized spacial score (nSPS) is 11.8. The largest absolute Gasteiger partial charge is 0.465 e. The molecule has 0 aliphatic rings. The molecule has 1 amide bonds. The summed E-state index contributed by atoms with van der Waals surface area (Å²) in [4.78, 5) is 28.5. The molecule has 0 saturated heterocycles. The van der Waals surface area contributed by atoms with Crippen LogP contribution in [0.5, 0.6) is 0 Å². The van der Waals surface area contributed by atoms with Gasteiger partial charge in [0.25, 0.3) is 0 Å². The van der Waals surface area contributed by atoms with Crippen molar-refractivity contribution < 1.29 is 18.7 Å². The van der Waals surface area contributed by atoms with Crippen molar-refractivity contribution in [2.24, 2.45) is 4.99 Å². The smallest absolute Gasteiger partial charge is 0.326 e. The van der Waals surface area contributed by atoms with Gasteiger partial charge in [0.05, 0.1) is 23.1 Å². The van der Waals surface area contributed by atoms with Crippen LogP contribution in [0.25, 0.3) is 10.2 Å². The molecule has 0 N–H and O–H groups in total. The summed E-state index contributed by atoms with van der Waals surface area (Å²) in [6.45, 7) is 2.06. The van der Waals surface area contributed by atoms with Gasteiger partial charge in [0.2, 0.25) is 0 Å². The summed E-state index contributed by atoms with van der Waals surface area (Å²) in [6.07, 6.45) is 1.42. The number of rotatable bonds is 4. The van der Waals surface area contributed by atoms with E-state index in [2.05, 4.69) is 4.99 Å². The van der Waals surface area contributed by atoms with E-state index >= 15 is 0 Å². The molecule has 2 aromatic heterocycles. The zero-order chi connectivity index (χ0) is 16.2. The summed E-state index contributed by atoms with van der Waals surface area (Å²) in [5.41, 5.74) is 0.830. The molecule has 0 aliphatic carbocycles. The van der Waals surface area contributed by atoms with Gasteiger partial charge in [-0.25, -0.2) is 0 Å². The molecule has 0 spiro atoms. The fraction of sp³-hybridized carbons (Fsp3) is 0.188. The van der Waals surface area contributed by atoms with Crippen molar-refractivity contribution in [1.29, 1.82) is 0 Å². The van der Waals surface area contributed by atoms with E-state index in [9.17, 15) is 9.59 Å². The zero-order valence-corrected chi connectivity index (χ0v) is 13.2. The number of hydrogen-bond donors (Lipinski definition) is 0. The Morgan fingerprint density at radius 2 is 2.09 bits per heavy atom. The van der Waals surface area contributed by atoms with Crippen LogP contribution in [0.1, 0.15) is 17.5 Å². The van der Waals surface area contributed by atoms with E-state index in [4.69, 9.17) is 9.15 Å².